The number of halogens is 3. The van der Waals surface area contributed by atoms with E-state index in [-0.39, 0.29) is 11.6 Å². The highest BCUT2D eigenvalue weighted by Gasteiger charge is 2.35. The summed E-state index contributed by atoms with van der Waals surface area (Å²) >= 11 is 0. The summed E-state index contributed by atoms with van der Waals surface area (Å²) in [5.74, 6) is -0.173. The topological polar surface area (TPSA) is 60.9 Å². The molecule has 2 aliphatic heterocycles. The number of piperazine rings is 1. The van der Waals surface area contributed by atoms with Crippen LogP contribution < -0.4 is 4.31 Å². The number of carbonyl (C=O) groups is 1. The maximum atomic E-state index is 13.4. The number of anilines is 1. The number of sulfonamides is 1. The van der Waals surface area contributed by atoms with E-state index >= 15 is 0 Å². The molecule has 0 unspecified atom stereocenters. The SMILES string of the molecule is CC(C)N(c1cccc(C(=O)N2CCN3CCC[C@@H]3C2)c1)S(=O)(=O)c1cccc(C(F)(F)F)c1. The lowest BCUT2D eigenvalue weighted by atomic mass is 10.1. The van der Waals surface area contributed by atoms with Crippen LogP contribution in [0.25, 0.3) is 0 Å². The molecule has 2 aromatic rings. The minimum atomic E-state index is -4.66. The molecule has 184 valence electrons. The van der Waals surface area contributed by atoms with Gasteiger partial charge in [0.2, 0.25) is 0 Å². The predicted octanol–water partition coefficient (Wildman–Crippen LogP) is 4.23. The number of hydrogen-bond donors (Lipinski definition) is 0. The summed E-state index contributed by atoms with van der Waals surface area (Å²) in [4.78, 5) is 17.0. The molecule has 2 fully saturated rings. The van der Waals surface area contributed by atoms with Crippen molar-refractivity contribution in [2.45, 2.75) is 49.8 Å². The highest BCUT2D eigenvalue weighted by Crippen LogP contribution is 2.33. The fourth-order valence-corrected chi connectivity index (χ4v) is 6.49. The van der Waals surface area contributed by atoms with Crippen LogP contribution in [0, 0.1) is 0 Å². The average molecular weight is 496 g/mol. The van der Waals surface area contributed by atoms with E-state index in [1.807, 2.05) is 0 Å². The highest BCUT2D eigenvalue weighted by molar-refractivity contribution is 7.92. The molecule has 1 atom stereocenters. The molecule has 4 rings (SSSR count). The lowest BCUT2D eigenvalue weighted by Crippen LogP contribution is -2.52. The van der Waals surface area contributed by atoms with Gasteiger partial charge >= 0.3 is 6.18 Å². The normalized spacial score (nSPS) is 19.4. The zero-order valence-corrected chi connectivity index (χ0v) is 19.9. The Bertz CT molecular complexity index is 1170. The Morgan fingerprint density at radius 3 is 2.50 bits per heavy atom. The molecule has 2 aliphatic rings. The van der Waals surface area contributed by atoms with Crippen molar-refractivity contribution in [3.63, 3.8) is 0 Å². The van der Waals surface area contributed by atoms with E-state index in [4.69, 9.17) is 0 Å². The molecular formula is C24H28F3N3O3S. The largest absolute Gasteiger partial charge is 0.416 e. The Morgan fingerprint density at radius 2 is 1.79 bits per heavy atom. The second-order valence-electron chi connectivity index (χ2n) is 9.05. The number of hydrogen-bond acceptors (Lipinski definition) is 4. The van der Waals surface area contributed by atoms with Crippen molar-refractivity contribution in [1.82, 2.24) is 9.80 Å². The van der Waals surface area contributed by atoms with E-state index in [9.17, 15) is 26.4 Å². The summed E-state index contributed by atoms with van der Waals surface area (Å²) < 4.78 is 67.5. The summed E-state index contributed by atoms with van der Waals surface area (Å²) in [6.45, 7) is 6.39. The van der Waals surface area contributed by atoms with Gasteiger partial charge in [-0.05, 0) is 69.6 Å². The van der Waals surface area contributed by atoms with Gasteiger partial charge in [-0.1, -0.05) is 12.1 Å². The number of nitrogens with zero attached hydrogens (tertiary/aromatic N) is 3. The molecule has 0 N–H and O–H groups in total. The van der Waals surface area contributed by atoms with E-state index in [0.29, 0.717) is 30.8 Å². The van der Waals surface area contributed by atoms with Crippen LogP contribution in [-0.4, -0.2) is 62.4 Å². The van der Waals surface area contributed by atoms with Crippen LogP contribution in [0.1, 0.15) is 42.6 Å². The molecule has 6 nitrogen and oxygen atoms in total. The minimum absolute atomic E-state index is 0.173. The Hall–Kier alpha value is -2.59. The quantitative estimate of drug-likeness (QED) is 0.623. The van der Waals surface area contributed by atoms with Gasteiger partial charge in [0.1, 0.15) is 0 Å². The molecule has 34 heavy (non-hydrogen) atoms. The number of benzene rings is 2. The van der Waals surface area contributed by atoms with Crippen LogP contribution in [0.5, 0.6) is 0 Å². The van der Waals surface area contributed by atoms with Gasteiger partial charge in [0.25, 0.3) is 15.9 Å². The van der Waals surface area contributed by atoms with Crippen molar-refractivity contribution < 1.29 is 26.4 Å². The maximum Gasteiger partial charge on any atom is 0.416 e. The van der Waals surface area contributed by atoms with Crippen LogP contribution in [0.4, 0.5) is 18.9 Å². The lowest BCUT2D eigenvalue weighted by molar-refractivity contribution is -0.137. The first-order valence-electron chi connectivity index (χ1n) is 11.3. The van der Waals surface area contributed by atoms with Crippen molar-refractivity contribution in [2.75, 3.05) is 30.5 Å². The smallest absolute Gasteiger partial charge is 0.336 e. The molecule has 0 saturated carbocycles. The molecule has 10 heteroatoms. The Morgan fingerprint density at radius 1 is 1.06 bits per heavy atom. The van der Waals surface area contributed by atoms with Crippen LogP contribution >= 0.6 is 0 Å². The van der Waals surface area contributed by atoms with Gasteiger partial charge in [-0.15, -0.1) is 0 Å². The Balaban J connectivity index is 1.64. The molecule has 0 bridgehead atoms. The van der Waals surface area contributed by atoms with E-state index in [1.165, 1.54) is 6.07 Å². The number of amides is 1. The molecular weight excluding hydrogens is 467 g/mol. The standard InChI is InChI=1S/C24H28F3N3O3S/c1-17(2)30(34(32,33)22-10-4-7-19(15-22)24(25,26)27)20-8-3-6-18(14-20)23(31)29-13-12-28-11-5-9-21(28)16-29/h3-4,6-8,10,14-15,17,21H,5,9,11-13,16H2,1-2H3/t21-/m1/s1. The first-order valence-corrected chi connectivity index (χ1v) is 12.8. The van der Waals surface area contributed by atoms with Crippen molar-refractivity contribution in [3.05, 3.63) is 59.7 Å². The Labute approximate surface area is 198 Å². The van der Waals surface area contributed by atoms with Crippen LogP contribution in [0.2, 0.25) is 0 Å². The highest BCUT2D eigenvalue weighted by atomic mass is 32.2. The number of alkyl halides is 3. The minimum Gasteiger partial charge on any atom is -0.336 e. The van der Waals surface area contributed by atoms with Crippen molar-refractivity contribution in [2.24, 2.45) is 0 Å². The summed E-state index contributed by atoms with van der Waals surface area (Å²) in [5, 5.41) is 0. The van der Waals surface area contributed by atoms with E-state index in [2.05, 4.69) is 4.90 Å². The first-order chi connectivity index (χ1) is 16.0. The molecule has 2 heterocycles. The van der Waals surface area contributed by atoms with Gasteiger partial charge in [0.05, 0.1) is 16.1 Å². The van der Waals surface area contributed by atoms with Gasteiger partial charge in [0, 0.05) is 37.3 Å². The second kappa shape index (κ2) is 9.22. The molecule has 2 aromatic carbocycles. The van der Waals surface area contributed by atoms with Gasteiger partial charge in [-0.2, -0.15) is 13.2 Å². The molecule has 0 aromatic heterocycles. The summed E-state index contributed by atoms with van der Waals surface area (Å²) in [5.41, 5.74) is -0.445. The van der Waals surface area contributed by atoms with E-state index < -0.39 is 32.7 Å². The Kier molecular flexibility index (Phi) is 6.65. The fraction of sp³-hybridized carbons (Fsp3) is 0.458. The zero-order chi connectivity index (χ0) is 24.7. The van der Waals surface area contributed by atoms with Gasteiger partial charge < -0.3 is 4.90 Å². The van der Waals surface area contributed by atoms with Gasteiger partial charge in [-0.25, -0.2) is 8.42 Å². The van der Waals surface area contributed by atoms with Crippen LogP contribution in [-0.2, 0) is 16.2 Å². The number of fused-ring (bicyclic) bond motifs is 1. The van der Waals surface area contributed by atoms with Crippen molar-refractivity contribution in [1.29, 1.82) is 0 Å². The van der Waals surface area contributed by atoms with Gasteiger partial charge in [-0.3, -0.25) is 14.0 Å². The summed E-state index contributed by atoms with van der Waals surface area (Å²) in [6.07, 6.45) is -2.48. The third kappa shape index (κ3) is 4.79. The monoisotopic (exact) mass is 495 g/mol. The molecule has 2 saturated heterocycles. The van der Waals surface area contributed by atoms with E-state index in [1.54, 1.807) is 36.9 Å². The lowest BCUT2D eigenvalue weighted by Gasteiger charge is -2.37. The first kappa shape index (κ1) is 24.5. The fourth-order valence-electron chi connectivity index (χ4n) is 4.80. The average Bonchev–Trinajstić information content (AvgIpc) is 3.26. The van der Waals surface area contributed by atoms with Crippen LogP contribution in [0.15, 0.2) is 53.4 Å². The van der Waals surface area contributed by atoms with Crippen molar-refractivity contribution in [3.8, 4) is 0 Å². The molecule has 0 radical (unpaired) electrons. The third-order valence-corrected chi connectivity index (χ3v) is 8.41. The van der Waals surface area contributed by atoms with Gasteiger partial charge in [0.15, 0.2) is 0 Å². The number of carbonyl (C=O) groups excluding carboxylic acids is 1. The zero-order valence-electron chi connectivity index (χ0n) is 19.1. The van der Waals surface area contributed by atoms with Crippen molar-refractivity contribution >= 4 is 21.6 Å². The molecule has 1 amide bonds. The maximum absolute atomic E-state index is 13.4. The predicted molar refractivity (Wildman–Crippen MR) is 123 cm³/mol. The summed E-state index contributed by atoms with van der Waals surface area (Å²) in [7, 11) is -4.31. The van der Waals surface area contributed by atoms with E-state index in [0.717, 1.165) is 48.4 Å². The summed E-state index contributed by atoms with van der Waals surface area (Å²) in [6, 6.07) is 9.77. The van der Waals surface area contributed by atoms with Crippen LogP contribution in [0.3, 0.4) is 0 Å². The molecule has 0 aliphatic carbocycles. The third-order valence-electron chi connectivity index (χ3n) is 6.41. The number of rotatable bonds is 5. The molecule has 0 spiro atoms. The second-order valence-corrected chi connectivity index (χ2v) is 10.9.